The Labute approximate surface area is 114 Å². The molecule has 3 rings (SSSR count). The van der Waals surface area contributed by atoms with E-state index in [1.165, 1.54) is 0 Å². The fraction of sp³-hybridized carbons (Fsp3) is 0.0769. The van der Waals surface area contributed by atoms with E-state index < -0.39 is 0 Å². The van der Waals surface area contributed by atoms with Crippen molar-refractivity contribution >= 4 is 22.9 Å². The molecule has 0 fully saturated rings. The minimum atomic E-state index is 0.306. The molecular formula is C13H12N6O. The lowest BCUT2D eigenvalue weighted by molar-refractivity contribution is 0.415. The van der Waals surface area contributed by atoms with Crippen molar-refractivity contribution in [2.45, 2.75) is 0 Å². The molecule has 1 heterocycles. The molecule has 0 saturated carbocycles. The van der Waals surface area contributed by atoms with Crippen LogP contribution in [0.2, 0.25) is 0 Å². The Balaban J connectivity index is 1.98. The van der Waals surface area contributed by atoms with Gasteiger partial charge in [-0.1, -0.05) is 35.4 Å². The van der Waals surface area contributed by atoms with Crippen LogP contribution in [0.3, 0.4) is 0 Å². The van der Waals surface area contributed by atoms with E-state index in [9.17, 15) is 0 Å². The van der Waals surface area contributed by atoms with Gasteiger partial charge in [-0.2, -0.15) is 10.3 Å². The van der Waals surface area contributed by atoms with Gasteiger partial charge in [0, 0.05) is 5.56 Å². The van der Waals surface area contributed by atoms with Gasteiger partial charge < -0.3 is 4.74 Å². The van der Waals surface area contributed by atoms with E-state index in [2.05, 4.69) is 31.2 Å². The molecule has 0 aliphatic carbocycles. The third-order valence-corrected chi connectivity index (χ3v) is 2.85. The van der Waals surface area contributed by atoms with E-state index in [1.54, 1.807) is 13.3 Å². The molecule has 100 valence electrons. The van der Waals surface area contributed by atoms with Crippen LogP contribution >= 0.6 is 0 Å². The highest BCUT2D eigenvalue weighted by atomic mass is 16.5. The highest BCUT2D eigenvalue weighted by molar-refractivity contribution is 6.02. The van der Waals surface area contributed by atoms with Gasteiger partial charge in [0.05, 0.1) is 13.3 Å². The summed E-state index contributed by atoms with van der Waals surface area (Å²) in [4.78, 5) is 0. The summed E-state index contributed by atoms with van der Waals surface area (Å²) < 4.78 is 5.37. The van der Waals surface area contributed by atoms with Gasteiger partial charge in [-0.3, -0.25) is 0 Å². The molecule has 1 aromatic heterocycles. The summed E-state index contributed by atoms with van der Waals surface area (Å²) in [6, 6.07) is 12.0. The van der Waals surface area contributed by atoms with E-state index >= 15 is 0 Å². The van der Waals surface area contributed by atoms with Crippen molar-refractivity contribution in [1.29, 1.82) is 0 Å². The Bertz CT molecular complexity index is 738. The number of methoxy groups -OCH3 is 1. The zero-order valence-electron chi connectivity index (χ0n) is 10.7. The fourth-order valence-electron chi connectivity index (χ4n) is 1.95. The van der Waals surface area contributed by atoms with Crippen LogP contribution in [0.25, 0.3) is 10.8 Å². The second-order valence-corrected chi connectivity index (χ2v) is 4.01. The molecule has 0 unspecified atom stereocenters. The van der Waals surface area contributed by atoms with E-state index in [4.69, 9.17) is 4.74 Å². The minimum absolute atomic E-state index is 0.306. The maximum Gasteiger partial charge on any atom is 0.283 e. The third-order valence-electron chi connectivity index (χ3n) is 2.85. The molecule has 0 aliphatic heterocycles. The molecule has 0 bridgehead atoms. The van der Waals surface area contributed by atoms with Crippen LogP contribution in [0.5, 0.6) is 5.75 Å². The number of anilines is 1. The number of fused-ring (bicyclic) bond motifs is 1. The van der Waals surface area contributed by atoms with E-state index in [-0.39, 0.29) is 0 Å². The monoisotopic (exact) mass is 268 g/mol. The molecule has 0 amide bonds. The first-order valence-electron chi connectivity index (χ1n) is 5.97. The number of nitrogens with one attached hydrogen (secondary N) is 2. The molecule has 7 heteroatoms. The number of ether oxygens (including phenoxy) is 1. The van der Waals surface area contributed by atoms with Crippen LogP contribution in [0.4, 0.5) is 5.95 Å². The SMILES string of the molecule is COc1ccc2ccccc2c1/C=N/Nc1nn[nH]n1. The zero-order chi connectivity index (χ0) is 13.8. The maximum atomic E-state index is 5.37. The van der Waals surface area contributed by atoms with Gasteiger partial charge in [0.25, 0.3) is 5.95 Å². The largest absolute Gasteiger partial charge is 0.496 e. The number of tetrazole rings is 1. The zero-order valence-corrected chi connectivity index (χ0v) is 10.7. The standard InChI is InChI=1S/C13H12N6O/c1-20-12-7-6-9-4-2-3-5-10(9)11(12)8-14-15-13-16-18-19-17-13/h2-8H,1H3,(H2,15,16,17,18,19)/b14-8+. The molecule has 3 aromatic rings. The highest BCUT2D eigenvalue weighted by Crippen LogP contribution is 2.26. The molecule has 7 nitrogen and oxygen atoms in total. The predicted octanol–water partition coefficient (Wildman–Crippen LogP) is 1.81. The number of aromatic nitrogens is 4. The van der Waals surface area contributed by atoms with Crippen molar-refractivity contribution in [3.8, 4) is 5.75 Å². The van der Waals surface area contributed by atoms with Crippen molar-refractivity contribution in [3.05, 3.63) is 42.0 Å². The van der Waals surface area contributed by atoms with Gasteiger partial charge in [-0.25, -0.2) is 5.43 Å². The molecule has 20 heavy (non-hydrogen) atoms. The van der Waals surface area contributed by atoms with Crippen molar-refractivity contribution in [3.63, 3.8) is 0 Å². The lowest BCUT2D eigenvalue weighted by atomic mass is 10.0. The van der Waals surface area contributed by atoms with Gasteiger partial charge in [-0.05, 0) is 22.1 Å². The summed E-state index contributed by atoms with van der Waals surface area (Å²) >= 11 is 0. The van der Waals surface area contributed by atoms with E-state index in [0.717, 1.165) is 22.1 Å². The summed E-state index contributed by atoms with van der Waals surface area (Å²) in [5.74, 6) is 1.06. The molecule has 0 aliphatic rings. The summed E-state index contributed by atoms with van der Waals surface area (Å²) in [6.07, 6.45) is 1.68. The Morgan fingerprint density at radius 1 is 1.25 bits per heavy atom. The quantitative estimate of drug-likeness (QED) is 0.556. The third kappa shape index (κ3) is 2.28. The van der Waals surface area contributed by atoms with Gasteiger partial charge >= 0.3 is 0 Å². The number of aromatic amines is 1. The second-order valence-electron chi connectivity index (χ2n) is 4.01. The Morgan fingerprint density at radius 3 is 2.95 bits per heavy atom. The van der Waals surface area contributed by atoms with Gasteiger partial charge in [0.1, 0.15) is 5.75 Å². The Morgan fingerprint density at radius 2 is 2.15 bits per heavy atom. The summed E-state index contributed by atoms with van der Waals surface area (Å²) in [5, 5.41) is 19.6. The first-order chi connectivity index (χ1) is 9.88. The normalized spacial score (nSPS) is 11.1. The van der Waals surface area contributed by atoms with Crippen molar-refractivity contribution in [2.75, 3.05) is 12.5 Å². The molecule has 0 spiro atoms. The van der Waals surface area contributed by atoms with Crippen LogP contribution in [0, 0.1) is 0 Å². The summed E-state index contributed by atoms with van der Waals surface area (Å²) in [5.41, 5.74) is 3.58. The number of hydrazone groups is 1. The molecule has 2 N–H and O–H groups in total. The fourth-order valence-corrected chi connectivity index (χ4v) is 1.95. The summed E-state index contributed by atoms with van der Waals surface area (Å²) in [6.45, 7) is 0. The lowest BCUT2D eigenvalue weighted by Crippen LogP contribution is -1.96. The van der Waals surface area contributed by atoms with Gasteiger partial charge in [0.2, 0.25) is 0 Å². The van der Waals surface area contributed by atoms with Crippen molar-refractivity contribution in [2.24, 2.45) is 5.10 Å². The smallest absolute Gasteiger partial charge is 0.283 e. The first-order valence-corrected chi connectivity index (χ1v) is 5.97. The molecule has 0 atom stereocenters. The Kier molecular flexibility index (Phi) is 3.24. The number of rotatable bonds is 4. The predicted molar refractivity (Wildman–Crippen MR) is 75.9 cm³/mol. The van der Waals surface area contributed by atoms with Gasteiger partial charge in [0.15, 0.2) is 0 Å². The molecular weight excluding hydrogens is 256 g/mol. The number of nitrogens with zero attached hydrogens (tertiary/aromatic N) is 4. The van der Waals surface area contributed by atoms with Crippen LogP contribution in [-0.4, -0.2) is 33.9 Å². The minimum Gasteiger partial charge on any atom is -0.496 e. The molecule has 0 saturated heterocycles. The number of hydrogen-bond acceptors (Lipinski definition) is 6. The number of hydrogen-bond donors (Lipinski definition) is 2. The second kappa shape index (κ2) is 5.35. The van der Waals surface area contributed by atoms with Crippen molar-refractivity contribution < 1.29 is 4.74 Å². The Hall–Kier alpha value is -2.96. The van der Waals surface area contributed by atoms with Gasteiger partial charge in [-0.15, -0.1) is 5.10 Å². The highest BCUT2D eigenvalue weighted by Gasteiger charge is 2.05. The van der Waals surface area contributed by atoms with Crippen LogP contribution in [0.1, 0.15) is 5.56 Å². The summed E-state index contributed by atoms with van der Waals surface area (Å²) in [7, 11) is 1.63. The van der Waals surface area contributed by atoms with Crippen molar-refractivity contribution in [1.82, 2.24) is 20.6 Å². The molecule has 0 radical (unpaired) electrons. The van der Waals surface area contributed by atoms with E-state index in [0.29, 0.717) is 5.95 Å². The van der Waals surface area contributed by atoms with Crippen LogP contribution < -0.4 is 10.2 Å². The lowest BCUT2D eigenvalue weighted by Gasteiger charge is -2.08. The first kappa shape index (κ1) is 12.1. The van der Waals surface area contributed by atoms with E-state index in [1.807, 2.05) is 36.4 Å². The average molecular weight is 268 g/mol. The average Bonchev–Trinajstić information content (AvgIpc) is 3.00. The number of H-pyrrole nitrogens is 1. The van der Waals surface area contributed by atoms with Crippen LogP contribution in [-0.2, 0) is 0 Å². The van der Waals surface area contributed by atoms with Crippen LogP contribution in [0.15, 0.2) is 41.5 Å². The maximum absolute atomic E-state index is 5.37. The number of benzene rings is 2. The topological polar surface area (TPSA) is 88.1 Å². The molecule has 2 aromatic carbocycles.